The maximum Gasteiger partial charge on any atom is 0.123 e. The van der Waals surface area contributed by atoms with Crippen molar-refractivity contribution < 1.29 is 19.0 Å². The predicted molar refractivity (Wildman–Crippen MR) is 87.1 cm³/mol. The zero-order valence-electron chi connectivity index (χ0n) is 13.9. The fraction of sp³-hybridized carbons (Fsp3) is 0.667. The third kappa shape index (κ3) is 3.10. The van der Waals surface area contributed by atoms with Crippen molar-refractivity contribution in [2.45, 2.75) is 43.4 Å². The molecule has 1 saturated carbocycles. The maximum atomic E-state index is 13.2. The Bertz CT molecular complexity index is 524. The molecule has 5 heteroatoms. The van der Waals surface area contributed by atoms with Gasteiger partial charge in [-0.25, -0.2) is 4.39 Å². The Morgan fingerprint density at radius 3 is 2.78 bits per heavy atom. The van der Waals surface area contributed by atoms with Crippen LogP contribution in [-0.2, 0) is 9.47 Å². The van der Waals surface area contributed by atoms with E-state index in [0.29, 0.717) is 13.2 Å². The molecule has 1 aromatic carbocycles. The van der Waals surface area contributed by atoms with Crippen LogP contribution in [0.4, 0.5) is 10.1 Å². The van der Waals surface area contributed by atoms with Crippen molar-refractivity contribution in [1.29, 1.82) is 0 Å². The maximum absolute atomic E-state index is 13.2. The minimum absolute atomic E-state index is 0.0358. The SMILES string of the molecule is COCC1CCC(N(C)c2ccc(F)cc2)C2(O)CCCO[C@H]12. The van der Waals surface area contributed by atoms with Gasteiger partial charge in [0.1, 0.15) is 11.4 Å². The van der Waals surface area contributed by atoms with E-state index < -0.39 is 5.60 Å². The van der Waals surface area contributed by atoms with Gasteiger partial charge in [-0.15, -0.1) is 0 Å². The van der Waals surface area contributed by atoms with Crippen LogP contribution in [0.25, 0.3) is 0 Å². The molecule has 128 valence electrons. The summed E-state index contributed by atoms with van der Waals surface area (Å²) in [4.78, 5) is 2.07. The lowest BCUT2D eigenvalue weighted by atomic mass is 9.68. The van der Waals surface area contributed by atoms with Gasteiger partial charge in [0.05, 0.1) is 18.8 Å². The summed E-state index contributed by atoms with van der Waals surface area (Å²) in [5.74, 6) is -0.0216. The first-order valence-electron chi connectivity index (χ1n) is 8.37. The highest BCUT2D eigenvalue weighted by molar-refractivity contribution is 5.47. The summed E-state index contributed by atoms with van der Waals surface area (Å²) in [5, 5.41) is 11.4. The van der Waals surface area contributed by atoms with Crippen LogP contribution in [0.1, 0.15) is 25.7 Å². The van der Waals surface area contributed by atoms with Gasteiger partial charge in [0, 0.05) is 32.4 Å². The molecule has 1 heterocycles. The van der Waals surface area contributed by atoms with Crippen LogP contribution in [0.15, 0.2) is 24.3 Å². The van der Waals surface area contributed by atoms with Crippen LogP contribution in [-0.4, -0.2) is 50.2 Å². The quantitative estimate of drug-likeness (QED) is 0.925. The fourth-order valence-electron chi connectivity index (χ4n) is 4.30. The highest BCUT2D eigenvalue weighted by Gasteiger charge is 2.54. The highest BCUT2D eigenvalue weighted by atomic mass is 19.1. The van der Waals surface area contributed by atoms with E-state index in [9.17, 15) is 9.50 Å². The van der Waals surface area contributed by atoms with E-state index >= 15 is 0 Å². The van der Waals surface area contributed by atoms with E-state index in [1.165, 1.54) is 12.1 Å². The number of anilines is 1. The van der Waals surface area contributed by atoms with Gasteiger partial charge in [-0.2, -0.15) is 0 Å². The molecular weight excluding hydrogens is 297 g/mol. The number of benzene rings is 1. The van der Waals surface area contributed by atoms with E-state index in [0.717, 1.165) is 31.4 Å². The second-order valence-corrected chi connectivity index (χ2v) is 6.78. The molecule has 0 amide bonds. The summed E-state index contributed by atoms with van der Waals surface area (Å²) in [6.07, 6.45) is 3.22. The average molecular weight is 323 g/mol. The normalized spacial score (nSPS) is 34.0. The summed E-state index contributed by atoms with van der Waals surface area (Å²) in [7, 11) is 3.66. The molecule has 3 rings (SSSR count). The Morgan fingerprint density at radius 2 is 2.09 bits per heavy atom. The van der Waals surface area contributed by atoms with E-state index in [4.69, 9.17) is 9.47 Å². The molecule has 4 nitrogen and oxygen atoms in total. The van der Waals surface area contributed by atoms with Crippen molar-refractivity contribution in [1.82, 2.24) is 0 Å². The van der Waals surface area contributed by atoms with Gasteiger partial charge < -0.3 is 19.5 Å². The molecule has 1 aliphatic heterocycles. The zero-order chi connectivity index (χ0) is 16.4. The van der Waals surface area contributed by atoms with Crippen molar-refractivity contribution >= 4 is 5.69 Å². The Labute approximate surface area is 137 Å². The van der Waals surface area contributed by atoms with E-state index in [1.54, 1.807) is 19.2 Å². The topological polar surface area (TPSA) is 41.9 Å². The van der Waals surface area contributed by atoms with Gasteiger partial charge in [0.15, 0.2) is 0 Å². The molecule has 1 saturated heterocycles. The summed E-state index contributed by atoms with van der Waals surface area (Å²) in [5.41, 5.74) is 0.0300. The van der Waals surface area contributed by atoms with Gasteiger partial charge in [0.2, 0.25) is 0 Å². The minimum Gasteiger partial charge on any atom is -0.385 e. The fourth-order valence-corrected chi connectivity index (χ4v) is 4.30. The lowest BCUT2D eigenvalue weighted by Gasteiger charge is -2.54. The lowest BCUT2D eigenvalue weighted by Crippen LogP contribution is -2.66. The number of methoxy groups -OCH3 is 1. The zero-order valence-corrected chi connectivity index (χ0v) is 13.9. The molecule has 0 bridgehead atoms. The first-order chi connectivity index (χ1) is 11.1. The first kappa shape index (κ1) is 16.7. The molecule has 2 fully saturated rings. The molecule has 0 aromatic heterocycles. The lowest BCUT2D eigenvalue weighted by molar-refractivity contribution is -0.200. The molecule has 0 spiro atoms. The Morgan fingerprint density at radius 1 is 1.35 bits per heavy atom. The van der Waals surface area contributed by atoms with E-state index in [2.05, 4.69) is 4.90 Å². The Hall–Kier alpha value is -1.17. The van der Waals surface area contributed by atoms with Gasteiger partial charge in [-0.05, 0) is 49.9 Å². The summed E-state index contributed by atoms with van der Waals surface area (Å²) in [6, 6.07) is 6.41. The summed E-state index contributed by atoms with van der Waals surface area (Å²) < 4.78 is 24.5. The molecular formula is C18H26FNO3. The van der Waals surface area contributed by atoms with Gasteiger partial charge in [0.25, 0.3) is 0 Å². The molecule has 2 aliphatic rings. The third-order valence-corrected chi connectivity index (χ3v) is 5.41. The van der Waals surface area contributed by atoms with Crippen LogP contribution in [0.3, 0.4) is 0 Å². The van der Waals surface area contributed by atoms with E-state index in [-0.39, 0.29) is 23.9 Å². The van der Waals surface area contributed by atoms with Crippen LogP contribution in [0.5, 0.6) is 0 Å². The molecule has 23 heavy (non-hydrogen) atoms. The van der Waals surface area contributed by atoms with Crippen molar-refractivity contribution in [3.05, 3.63) is 30.1 Å². The predicted octanol–water partition coefficient (Wildman–Crippen LogP) is 2.60. The number of fused-ring (bicyclic) bond motifs is 1. The monoisotopic (exact) mass is 323 g/mol. The summed E-state index contributed by atoms with van der Waals surface area (Å²) in [6.45, 7) is 1.31. The minimum atomic E-state index is -0.886. The van der Waals surface area contributed by atoms with Crippen molar-refractivity contribution in [2.75, 3.05) is 32.3 Å². The molecule has 1 N–H and O–H groups in total. The third-order valence-electron chi connectivity index (χ3n) is 5.41. The number of nitrogens with zero attached hydrogens (tertiary/aromatic N) is 1. The van der Waals surface area contributed by atoms with Gasteiger partial charge in [-0.3, -0.25) is 0 Å². The van der Waals surface area contributed by atoms with Crippen LogP contribution in [0, 0.1) is 11.7 Å². The van der Waals surface area contributed by atoms with Crippen molar-refractivity contribution in [3.63, 3.8) is 0 Å². The Balaban J connectivity index is 1.85. The molecule has 0 radical (unpaired) electrons. The van der Waals surface area contributed by atoms with E-state index in [1.807, 2.05) is 7.05 Å². The van der Waals surface area contributed by atoms with Crippen molar-refractivity contribution in [3.8, 4) is 0 Å². The number of likely N-dealkylation sites (N-methyl/N-ethyl adjacent to an activating group) is 1. The number of rotatable bonds is 4. The van der Waals surface area contributed by atoms with Crippen LogP contribution in [0.2, 0.25) is 0 Å². The molecule has 4 atom stereocenters. The van der Waals surface area contributed by atoms with Crippen molar-refractivity contribution in [2.24, 2.45) is 5.92 Å². The number of halogens is 1. The molecule has 3 unspecified atom stereocenters. The largest absolute Gasteiger partial charge is 0.385 e. The smallest absolute Gasteiger partial charge is 0.123 e. The second kappa shape index (κ2) is 6.75. The number of aliphatic hydroxyl groups is 1. The number of hydrogen-bond donors (Lipinski definition) is 1. The van der Waals surface area contributed by atoms with Crippen LogP contribution < -0.4 is 4.90 Å². The van der Waals surface area contributed by atoms with Gasteiger partial charge in [-0.1, -0.05) is 0 Å². The van der Waals surface area contributed by atoms with Gasteiger partial charge >= 0.3 is 0 Å². The van der Waals surface area contributed by atoms with Crippen LogP contribution >= 0.6 is 0 Å². The second-order valence-electron chi connectivity index (χ2n) is 6.78. The summed E-state index contributed by atoms with van der Waals surface area (Å²) >= 11 is 0. The highest BCUT2D eigenvalue weighted by Crippen LogP contribution is 2.43. The Kier molecular flexibility index (Phi) is 4.90. The number of hydrogen-bond acceptors (Lipinski definition) is 4. The first-order valence-corrected chi connectivity index (χ1v) is 8.37. The molecule has 1 aliphatic carbocycles. The standard InChI is InChI=1S/C18H26FNO3/c1-20(15-7-5-14(19)6-8-15)16-9-4-13(12-22-2)17-18(16,21)10-3-11-23-17/h5-8,13,16-17,21H,3-4,9-12H2,1-2H3/t13?,16?,17-,18?/m1/s1. The number of ether oxygens (including phenoxy) is 2. The molecule has 1 aromatic rings. The average Bonchev–Trinajstić information content (AvgIpc) is 2.55.